The third kappa shape index (κ3) is 2.38. The molecule has 2 unspecified atom stereocenters. The van der Waals surface area contributed by atoms with E-state index in [1.165, 1.54) is 29.2 Å². The minimum absolute atomic E-state index is 0.452. The molecule has 2 nitrogen and oxygen atoms in total. The number of rotatable bonds is 3. The zero-order valence-corrected chi connectivity index (χ0v) is 11.8. The van der Waals surface area contributed by atoms with Crippen LogP contribution in [0.2, 0.25) is 0 Å². The highest BCUT2D eigenvalue weighted by Crippen LogP contribution is 2.32. The third-order valence-corrected chi connectivity index (χ3v) is 4.18. The van der Waals surface area contributed by atoms with Crippen LogP contribution >= 0.6 is 0 Å². The van der Waals surface area contributed by atoms with Crippen molar-refractivity contribution in [3.05, 3.63) is 48.0 Å². The van der Waals surface area contributed by atoms with Gasteiger partial charge in [0.05, 0.1) is 6.04 Å². The van der Waals surface area contributed by atoms with Crippen LogP contribution in [-0.4, -0.2) is 31.6 Å². The Bertz CT molecular complexity index is 551. The van der Waals surface area contributed by atoms with E-state index in [0.717, 1.165) is 6.54 Å². The summed E-state index contributed by atoms with van der Waals surface area (Å²) in [5.74, 6) is 0. The number of hydrogen-bond donors (Lipinski definition) is 1. The minimum Gasteiger partial charge on any atom is -0.312 e. The molecule has 0 spiro atoms. The second kappa shape index (κ2) is 5.32. The first-order valence-corrected chi connectivity index (χ1v) is 7.15. The Morgan fingerprint density at radius 3 is 2.63 bits per heavy atom. The van der Waals surface area contributed by atoms with E-state index < -0.39 is 0 Å². The van der Waals surface area contributed by atoms with Crippen LogP contribution in [0.25, 0.3) is 10.8 Å². The summed E-state index contributed by atoms with van der Waals surface area (Å²) in [6.45, 7) is 1.15. The van der Waals surface area contributed by atoms with Gasteiger partial charge in [0, 0.05) is 6.04 Å². The lowest BCUT2D eigenvalue weighted by molar-refractivity contribution is 0.246. The summed E-state index contributed by atoms with van der Waals surface area (Å²) in [4.78, 5) is 2.35. The summed E-state index contributed by atoms with van der Waals surface area (Å²) in [5, 5.41) is 6.38. The summed E-state index contributed by atoms with van der Waals surface area (Å²) in [5.41, 5.74) is 1.45. The van der Waals surface area contributed by atoms with Crippen molar-refractivity contribution in [1.82, 2.24) is 10.2 Å². The molecule has 2 aromatic rings. The van der Waals surface area contributed by atoms with Crippen molar-refractivity contribution >= 4 is 10.8 Å². The highest BCUT2D eigenvalue weighted by Gasteiger charge is 2.28. The van der Waals surface area contributed by atoms with Gasteiger partial charge < -0.3 is 10.2 Å². The SMILES string of the molecule is CN(C)C(c1cccc2ccccc12)C1CCCN1. The topological polar surface area (TPSA) is 15.3 Å². The quantitative estimate of drug-likeness (QED) is 0.905. The standard InChI is InChI=1S/C17H22N2/c1-19(2)17(16-11-6-12-18-16)15-10-5-8-13-7-3-4-9-14(13)15/h3-5,7-10,16-18H,6,11-12H2,1-2H3. The molecule has 1 fully saturated rings. The van der Waals surface area contributed by atoms with E-state index in [1.807, 2.05) is 0 Å². The first-order valence-electron chi connectivity index (χ1n) is 7.15. The molecule has 0 saturated carbocycles. The van der Waals surface area contributed by atoms with Crippen molar-refractivity contribution in [2.75, 3.05) is 20.6 Å². The minimum atomic E-state index is 0.452. The van der Waals surface area contributed by atoms with Gasteiger partial charge in [0.2, 0.25) is 0 Å². The Labute approximate surface area is 115 Å². The molecule has 1 N–H and O–H groups in total. The maximum absolute atomic E-state index is 3.66. The summed E-state index contributed by atoms with van der Waals surface area (Å²) >= 11 is 0. The van der Waals surface area contributed by atoms with Gasteiger partial charge in [-0.25, -0.2) is 0 Å². The summed E-state index contributed by atoms with van der Waals surface area (Å²) in [7, 11) is 4.37. The molecule has 1 aliphatic heterocycles. The average molecular weight is 254 g/mol. The van der Waals surface area contributed by atoms with Gasteiger partial charge in [-0.1, -0.05) is 42.5 Å². The number of nitrogens with zero attached hydrogens (tertiary/aromatic N) is 1. The third-order valence-electron chi connectivity index (χ3n) is 4.18. The van der Waals surface area contributed by atoms with Crippen LogP contribution in [0, 0.1) is 0 Å². The van der Waals surface area contributed by atoms with E-state index in [9.17, 15) is 0 Å². The van der Waals surface area contributed by atoms with Gasteiger partial charge in [-0.2, -0.15) is 0 Å². The molecule has 2 aromatic carbocycles. The summed E-state index contributed by atoms with van der Waals surface area (Å²) < 4.78 is 0. The lowest BCUT2D eigenvalue weighted by atomic mass is 9.92. The molecule has 0 aliphatic carbocycles. The molecule has 3 rings (SSSR count). The van der Waals surface area contributed by atoms with Gasteiger partial charge in [-0.05, 0) is 49.8 Å². The number of nitrogens with one attached hydrogen (secondary N) is 1. The van der Waals surface area contributed by atoms with E-state index in [0.29, 0.717) is 12.1 Å². The molecular weight excluding hydrogens is 232 g/mol. The van der Waals surface area contributed by atoms with Crippen molar-refractivity contribution < 1.29 is 0 Å². The Balaban J connectivity index is 2.09. The van der Waals surface area contributed by atoms with E-state index in [-0.39, 0.29) is 0 Å². The molecule has 19 heavy (non-hydrogen) atoms. The predicted molar refractivity (Wildman–Crippen MR) is 81.4 cm³/mol. The second-order valence-electron chi connectivity index (χ2n) is 5.68. The lowest BCUT2D eigenvalue weighted by Crippen LogP contribution is -2.37. The molecule has 0 amide bonds. The Morgan fingerprint density at radius 2 is 1.89 bits per heavy atom. The molecule has 0 radical (unpaired) electrons. The van der Waals surface area contributed by atoms with Crippen molar-refractivity contribution in [3.8, 4) is 0 Å². The fourth-order valence-electron chi connectivity index (χ4n) is 3.34. The van der Waals surface area contributed by atoms with Crippen LogP contribution in [0.4, 0.5) is 0 Å². The maximum atomic E-state index is 3.66. The van der Waals surface area contributed by atoms with Gasteiger partial charge in [0.15, 0.2) is 0 Å². The number of benzene rings is 2. The number of likely N-dealkylation sites (N-methyl/N-ethyl adjacent to an activating group) is 1. The highest BCUT2D eigenvalue weighted by molar-refractivity contribution is 5.86. The largest absolute Gasteiger partial charge is 0.312 e. The van der Waals surface area contributed by atoms with Gasteiger partial charge in [0.1, 0.15) is 0 Å². The first kappa shape index (κ1) is 12.6. The molecule has 1 aliphatic rings. The van der Waals surface area contributed by atoms with Crippen LogP contribution in [0.1, 0.15) is 24.4 Å². The van der Waals surface area contributed by atoms with Crippen LogP contribution in [0.15, 0.2) is 42.5 Å². The van der Waals surface area contributed by atoms with Crippen LogP contribution in [-0.2, 0) is 0 Å². The molecule has 0 bridgehead atoms. The molecule has 1 heterocycles. The normalized spacial score (nSPS) is 21.1. The second-order valence-corrected chi connectivity index (χ2v) is 5.68. The Kier molecular flexibility index (Phi) is 3.54. The molecule has 2 heteroatoms. The van der Waals surface area contributed by atoms with Crippen molar-refractivity contribution in [3.63, 3.8) is 0 Å². The van der Waals surface area contributed by atoms with Crippen molar-refractivity contribution in [2.45, 2.75) is 24.9 Å². The predicted octanol–water partition coefficient (Wildman–Crippen LogP) is 3.19. The lowest BCUT2D eigenvalue weighted by Gasteiger charge is -2.31. The zero-order chi connectivity index (χ0) is 13.2. The van der Waals surface area contributed by atoms with Crippen molar-refractivity contribution in [1.29, 1.82) is 0 Å². The van der Waals surface area contributed by atoms with E-state index in [4.69, 9.17) is 0 Å². The van der Waals surface area contributed by atoms with Gasteiger partial charge in [0.25, 0.3) is 0 Å². The first-order chi connectivity index (χ1) is 9.27. The van der Waals surface area contributed by atoms with E-state index in [1.54, 1.807) is 0 Å². The zero-order valence-electron chi connectivity index (χ0n) is 11.8. The van der Waals surface area contributed by atoms with Gasteiger partial charge in [-0.15, -0.1) is 0 Å². The fraction of sp³-hybridized carbons (Fsp3) is 0.412. The number of fused-ring (bicyclic) bond motifs is 1. The molecule has 0 aromatic heterocycles. The highest BCUT2D eigenvalue weighted by atomic mass is 15.1. The van der Waals surface area contributed by atoms with Gasteiger partial charge in [-0.3, -0.25) is 0 Å². The van der Waals surface area contributed by atoms with Crippen LogP contribution in [0.3, 0.4) is 0 Å². The molecular formula is C17H22N2. The smallest absolute Gasteiger partial charge is 0.0502 e. The van der Waals surface area contributed by atoms with Gasteiger partial charge >= 0.3 is 0 Å². The van der Waals surface area contributed by atoms with E-state index in [2.05, 4.69) is 66.8 Å². The van der Waals surface area contributed by atoms with Crippen molar-refractivity contribution in [2.24, 2.45) is 0 Å². The Morgan fingerprint density at radius 1 is 1.11 bits per heavy atom. The monoisotopic (exact) mass is 254 g/mol. The molecule has 1 saturated heterocycles. The maximum Gasteiger partial charge on any atom is 0.0502 e. The average Bonchev–Trinajstić information content (AvgIpc) is 2.93. The van der Waals surface area contributed by atoms with E-state index >= 15 is 0 Å². The number of hydrogen-bond acceptors (Lipinski definition) is 2. The van der Waals surface area contributed by atoms with Crippen LogP contribution in [0.5, 0.6) is 0 Å². The summed E-state index contributed by atoms with van der Waals surface area (Å²) in [6, 6.07) is 16.4. The fourth-order valence-corrected chi connectivity index (χ4v) is 3.34. The molecule has 100 valence electrons. The van der Waals surface area contributed by atoms with Crippen LogP contribution < -0.4 is 5.32 Å². The summed E-state index contributed by atoms with van der Waals surface area (Å²) in [6.07, 6.45) is 2.56. The molecule has 2 atom stereocenters. The Hall–Kier alpha value is -1.38.